The van der Waals surface area contributed by atoms with Crippen LogP contribution in [0.15, 0.2) is 24.3 Å². The third-order valence-electron chi connectivity index (χ3n) is 2.14. The van der Waals surface area contributed by atoms with Crippen molar-refractivity contribution in [3.8, 4) is 5.75 Å². The van der Waals surface area contributed by atoms with Crippen molar-refractivity contribution in [2.45, 2.75) is 27.2 Å². The minimum atomic E-state index is -0.294. The van der Waals surface area contributed by atoms with E-state index in [-0.39, 0.29) is 16.9 Å². The molecule has 2 heteroatoms. The van der Waals surface area contributed by atoms with Crippen LogP contribution in [0.4, 0.5) is 0 Å². The van der Waals surface area contributed by atoms with Crippen LogP contribution in [0.2, 0.25) is 0 Å². The van der Waals surface area contributed by atoms with Gasteiger partial charge in [0.15, 0.2) is 0 Å². The Morgan fingerprint density at radius 1 is 1.21 bits per heavy atom. The van der Waals surface area contributed by atoms with Crippen molar-refractivity contribution in [3.05, 3.63) is 29.8 Å². The van der Waals surface area contributed by atoms with E-state index < -0.39 is 0 Å². The van der Waals surface area contributed by atoms with Crippen molar-refractivity contribution in [1.29, 1.82) is 0 Å². The zero-order valence-electron chi connectivity index (χ0n) is 8.87. The van der Waals surface area contributed by atoms with Gasteiger partial charge >= 0.3 is 0 Å². The Morgan fingerprint density at radius 3 is 2.14 bits per heavy atom. The first-order valence-electron chi connectivity index (χ1n) is 4.71. The molecule has 1 aromatic carbocycles. The number of hydrogen-bond acceptors (Lipinski definition) is 2. The SMILES string of the molecule is CC(C)(C)C(=O)Cc1ccc(O)cc1. The van der Waals surface area contributed by atoms with Gasteiger partial charge < -0.3 is 5.11 Å². The van der Waals surface area contributed by atoms with E-state index in [0.29, 0.717) is 6.42 Å². The summed E-state index contributed by atoms with van der Waals surface area (Å²) in [6.07, 6.45) is 0.434. The van der Waals surface area contributed by atoms with E-state index in [9.17, 15) is 4.79 Å². The molecule has 0 saturated heterocycles. The lowest BCUT2D eigenvalue weighted by Crippen LogP contribution is -2.21. The van der Waals surface area contributed by atoms with Crippen LogP contribution in [0.3, 0.4) is 0 Å². The molecular weight excluding hydrogens is 176 g/mol. The number of phenolic OH excluding ortho intramolecular Hbond substituents is 1. The summed E-state index contributed by atoms with van der Waals surface area (Å²) in [7, 11) is 0. The van der Waals surface area contributed by atoms with Crippen LogP contribution < -0.4 is 0 Å². The van der Waals surface area contributed by atoms with Gasteiger partial charge in [0.1, 0.15) is 11.5 Å². The second-order valence-corrected chi connectivity index (χ2v) is 4.52. The van der Waals surface area contributed by atoms with Crippen molar-refractivity contribution in [1.82, 2.24) is 0 Å². The number of rotatable bonds is 2. The average Bonchev–Trinajstić information content (AvgIpc) is 2.07. The van der Waals surface area contributed by atoms with Gasteiger partial charge in [-0.05, 0) is 17.7 Å². The largest absolute Gasteiger partial charge is 0.508 e. The van der Waals surface area contributed by atoms with Crippen LogP contribution >= 0.6 is 0 Å². The van der Waals surface area contributed by atoms with Crippen molar-refractivity contribution >= 4 is 5.78 Å². The summed E-state index contributed by atoms with van der Waals surface area (Å²) in [5, 5.41) is 9.07. The van der Waals surface area contributed by atoms with Gasteiger partial charge in [-0.1, -0.05) is 32.9 Å². The molecular formula is C12H16O2. The molecule has 0 fully saturated rings. The van der Waals surface area contributed by atoms with Crippen molar-refractivity contribution < 1.29 is 9.90 Å². The molecule has 1 rings (SSSR count). The van der Waals surface area contributed by atoms with Crippen molar-refractivity contribution in [2.24, 2.45) is 5.41 Å². The second kappa shape index (κ2) is 3.82. The second-order valence-electron chi connectivity index (χ2n) is 4.52. The summed E-state index contributed by atoms with van der Waals surface area (Å²) in [5.41, 5.74) is 0.653. The fourth-order valence-electron chi connectivity index (χ4n) is 1.06. The smallest absolute Gasteiger partial charge is 0.142 e. The molecule has 14 heavy (non-hydrogen) atoms. The van der Waals surface area contributed by atoms with E-state index in [4.69, 9.17) is 5.11 Å². The quantitative estimate of drug-likeness (QED) is 0.781. The fourth-order valence-corrected chi connectivity index (χ4v) is 1.06. The predicted molar refractivity (Wildman–Crippen MR) is 56.3 cm³/mol. The van der Waals surface area contributed by atoms with Gasteiger partial charge in [0.25, 0.3) is 0 Å². The first-order valence-corrected chi connectivity index (χ1v) is 4.71. The maximum absolute atomic E-state index is 11.7. The molecule has 0 heterocycles. The van der Waals surface area contributed by atoms with Gasteiger partial charge in [-0.2, -0.15) is 0 Å². The van der Waals surface area contributed by atoms with Gasteiger partial charge in [-0.25, -0.2) is 0 Å². The summed E-state index contributed by atoms with van der Waals surface area (Å²) in [6.45, 7) is 5.74. The molecule has 1 N–H and O–H groups in total. The lowest BCUT2D eigenvalue weighted by molar-refractivity contribution is -0.125. The molecule has 0 aromatic heterocycles. The maximum Gasteiger partial charge on any atom is 0.142 e. The zero-order chi connectivity index (χ0) is 10.8. The molecule has 0 bridgehead atoms. The van der Waals surface area contributed by atoms with E-state index in [1.807, 2.05) is 20.8 Å². The number of phenols is 1. The van der Waals surface area contributed by atoms with Gasteiger partial charge in [0.2, 0.25) is 0 Å². The minimum Gasteiger partial charge on any atom is -0.508 e. The molecule has 0 unspecified atom stereocenters. The van der Waals surface area contributed by atoms with E-state index >= 15 is 0 Å². The Morgan fingerprint density at radius 2 is 1.71 bits per heavy atom. The Balaban J connectivity index is 2.71. The molecule has 0 saturated carbocycles. The molecule has 1 aromatic rings. The van der Waals surface area contributed by atoms with Crippen LogP contribution in [0, 0.1) is 5.41 Å². The van der Waals surface area contributed by atoms with Gasteiger partial charge in [0.05, 0.1) is 0 Å². The number of hydrogen-bond donors (Lipinski definition) is 1. The highest BCUT2D eigenvalue weighted by atomic mass is 16.3. The van der Waals surface area contributed by atoms with Gasteiger partial charge in [-0.3, -0.25) is 4.79 Å². The Labute approximate surface area is 84.6 Å². The summed E-state index contributed by atoms with van der Waals surface area (Å²) in [4.78, 5) is 11.7. The maximum atomic E-state index is 11.7. The summed E-state index contributed by atoms with van der Waals surface area (Å²) in [5.74, 6) is 0.445. The first-order chi connectivity index (χ1) is 6.39. The molecule has 0 amide bonds. The fraction of sp³-hybridized carbons (Fsp3) is 0.417. The normalized spacial score (nSPS) is 11.4. The third-order valence-corrected chi connectivity index (χ3v) is 2.14. The highest BCUT2D eigenvalue weighted by Gasteiger charge is 2.20. The van der Waals surface area contributed by atoms with E-state index in [1.54, 1.807) is 24.3 Å². The minimum absolute atomic E-state index is 0.211. The predicted octanol–water partition coefficient (Wildman–Crippen LogP) is 2.55. The molecule has 0 radical (unpaired) electrons. The molecule has 76 valence electrons. The number of carbonyl (C=O) groups excluding carboxylic acids is 1. The summed E-state index contributed by atoms with van der Waals surface area (Å²) in [6, 6.07) is 6.76. The van der Waals surface area contributed by atoms with E-state index in [0.717, 1.165) is 5.56 Å². The number of carbonyl (C=O) groups is 1. The molecule has 0 aliphatic heterocycles. The highest BCUT2D eigenvalue weighted by Crippen LogP contribution is 2.18. The lowest BCUT2D eigenvalue weighted by atomic mass is 9.87. The van der Waals surface area contributed by atoms with Gasteiger partial charge in [-0.15, -0.1) is 0 Å². The molecule has 0 spiro atoms. The average molecular weight is 192 g/mol. The van der Waals surface area contributed by atoms with Crippen LogP contribution in [-0.4, -0.2) is 10.9 Å². The third kappa shape index (κ3) is 2.87. The standard InChI is InChI=1S/C12H16O2/c1-12(2,3)11(14)8-9-4-6-10(13)7-5-9/h4-7,13H,8H2,1-3H3. The monoisotopic (exact) mass is 192 g/mol. The number of aromatic hydroxyl groups is 1. The van der Waals surface area contributed by atoms with E-state index in [1.165, 1.54) is 0 Å². The zero-order valence-corrected chi connectivity index (χ0v) is 8.87. The lowest BCUT2D eigenvalue weighted by Gasteiger charge is -2.16. The van der Waals surface area contributed by atoms with Crippen LogP contribution in [0.5, 0.6) is 5.75 Å². The topological polar surface area (TPSA) is 37.3 Å². The number of ketones is 1. The molecule has 0 aliphatic rings. The Bertz CT molecular complexity index is 317. The van der Waals surface area contributed by atoms with Gasteiger partial charge in [0, 0.05) is 11.8 Å². The van der Waals surface area contributed by atoms with Crippen LogP contribution in [-0.2, 0) is 11.2 Å². The van der Waals surface area contributed by atoms with Crippen LogP contribution in [0.1, 0.15) is 26.3 Å². The number of benzene rings is 1. The van der Waals surface area contributed by atoms with E-state index in [2.05, 4.69) is 0 Å². The summed E-state index contributed by atoms with van der Waals surface area (Å²) >= 11 is 0. The van der Waals surface area contributed by atoms with Crippen molar-refractivity contribution in [3.63, 3.8) is 0 Å². The number of Topliss-reactive ketones (excluding diaryl/α,β-unsaturated/α-hetero) is 1. The Kier molecular flexibility index (Phi) is 2.94. The first kappa shape index (κ1) is 10.8. The van der Waals surface area contributed by atoms with Crippen LogP contribution in [0.25, 0.3) is 0 Å². The molecule has 0 aliphatic carbocycles. The summed E-state index contributed by atoms with van der Waals surface area (Å²) < 4.78 is 0. The Hall–Kier alpha value is -1.31. The molecule has 0 atom stereocenters. The highest BCUT2D eigenvalue weighted by molar-refractivity contribution is 5.85. The van der Waals surface area contributed by atoms with Crippen molar-refractivity contribution in [2.75, 3.05) is 0 Å². The molecule has 2 nitrogen and oxygen atoms in total.